The normalized spacial score (nSPS) is 21.9. The lowest BCUT2D eigenvalue weighted by molar-refractivity contribution is 0.354. The van der Waals surface area contributed by atoms with Gasteiger partial charge >= 0.3 is 0 Å². The lowest BCUT2D eigenvalue weighted by atomic mass is 10.1. The monoisotopic (exact) mass is 295 g/mol. The van der Waals surface area contributed by atoms with E-state index in [1.54, 1.807) is 14.2 Å². The molecule has 0 heterocycles. The van der Waals surface area contributed by atoms with E-state index in [-0.39, 0.29) is 0 Å². The Bertz CT molecular complexity index is 425. The maximum absolute atomic E-state index is 5.35. The van der Waals surface area contributed by atoms with Crippen LogP contribution in [0, 0.1) is 0 Å². The first-order valence-corrected chi connectivity index (χ1v) is 8.39. The van der Waals surface area contributed by atoms with E-state index in [0.717, 1.165) is 23.3 Å². The van der Waals surface area contributed by atoms with Crippen LogP contribution in [0.2, 0.25) is 0 Å². The topological polar surface area (TPSA) is 30.5 Å². The summed E-state index contributed by atoms with van der Waals surface area (Å²) in [5, 5.41) is 4.48. The van der Waals surface area contributed by atoms with Gasteiger partial charge in [0.15, 0.2) is 11.5 Å². The fourth-order valence-corrected chi connectivity index (χ4v) is 4.04. The smallest absolute Gasteiger partial charge is 0.161 e. The number of nitrogens with one attached hydrogen (secondary N) is 1. The second-order valence-corrected chi connectivity index (χ2v) is 6.62. The van der Waals surface area contributed by atoms with Crippen molar-refractivity contribution in [3.05, 3.63) is 23.8 Å². The van der Waals surface area contributed by atoms with Crippen LogP contribution < -0.4 is 14.8 Å². The second-order valence-electron chi connectivity index (χ2n) is 5.10. The molecule has 1 aliphatic rings. The van der Waals surface area contributed by atoms with E-state index >= 15 is 0 Å². The minimum Gasteiger partial charge on any atom is -0.493 e. The van der Waals surface area contributed by atoms with Crippen molar-refractivity contribution in [2.24, 2.45) is 0 Å². The van der Waals surface area contributed by atoms with Gasteiger partial charge in [0, 0.05) is 17.8 Å². The number of rotatable bonds is 7. The molecule has 0 spiro atoms. The van der Waals surface area contributed by atoms with Crippen LogP contribution in [0.4, 0.5) is 0 Å². The van der Waals surface area contributed by atoms with Gasteiger partial charge in [0.2, 0.25) is 0 Å². The van der Waals surface area contributed by atoms with Crippen LogP contribution >= 0.6 is 11.8 Å². The number of benzene rings is 1. The molecule has 0 aromatic heterocycles. The minimum absolute atomic E-state index is 0.646. The highest BCUT2D eigenvalue weighted by molar-refractivity contribution is 7.99. The van der Waals surface area contributed by atoms with Gasteiger partial charge in [-0.2, -0.15) is 11.8 Å². The van der Waals surface area contributed by atoms with Crippen LogP contribution in [0.25, 0.3) is 0 Å². The molecule has 2 unspecified atom stereocenters. The fraction of sp³-hybridized carbons (Fsp3) is 0.625. The standard InChI is InChI=1S/C16H25NO2S/c1-4-20-16-7-5-6-13(16)17-11-12-8-9-14(18-2)15(10-12)19-3/h8-10,13,16-17H,4-7,11H2,1-3H3. The molecule has 1 aromatic rings. The molecule has 4 heteroatoms. The summed E-state index contributed by atoms with van der Waals surface area (Å²) in [6.07, 6.45) is 3.99. The van der Waals surface area contributed by atoms with Crippen molar-refractivity contribution >= 4 is 11.8 Å². The van der Waals surface area contributed by atoms with Crippen molar-refractivity contribution in [2.45, 2.75) is 44.0 Å². The number of thioether (sulfide) groups is 1. The van der Waals surface area contributed by atoms with Crippen LogP contribution in [-0.2, 0) is 6.54 Å². The van der Waals surface area contributed by atoms with E-state index in [9.17, 15) is 0 Å². The maximum Gasteiger partial charge on any atom is 0.161 e. The molecule has 3 nitrogen and oxygen atoms in total. The van der Waals surface area contributed by atoms with Gasteiger partial charge in [0.1, 0.15) is 0 Å². The highest BCUT2D eigenvalue weighted by Gasteiger charge is 2.26. The highest BCUT2D eigenvalue weighted by atomic mass is 32.2. The Morgan fingerprint density at radius 2 is 2.00 bits per heavy atom. The van der Waals surface area contributed by atoms with Crippen molar-refractivity contribution in [3.63, 3.8) is 0 Å². The van der Waals surface area contributed by atoms with Gasteiger partial charge in [0.05, 0.1) is 14.2 Å². The number of ether oxygens (including phenoxy) is 2. The summed E-state index contributed by atoms with van der Waals surface area (Å²) in [5.74, 6) is 2.80. The third-order valence-electron chi connectivity index (χ3n) is 3.85. The van der Waals surface area contributed by atoms with Crippen molar-refractivity contribution in [1.82, 2.24) is 5.32 Å². The Labute approximate surface area is 126 Å². The molecule has 1 N–H and O–H groups in total. The lowest BCUT2D eigenvalue weighted by Crippen LogP contribution is -2.33. The molecule has 112 valence electrons. The molecule has 2 atom stereocenters. The summed E-state index contributed by atoms with van der Waals surface area (Å²) in [6, 6.07) is 6.78. The summed E-state index contributed by atoms with van der Waals surface area (Å²) in [7, 11) is 3.35. The Morgan fingerprint density at radius 3 is 2.70 bits per heavy atom. The predicted octanol–water partition coefficient (Wildman–Crippen LogP) is 3.47. The molecule has 20 heavy (non-hydrogen) atoms. The molecule has 1 aromatic carbocycles. The van der Waals surface area contributed by atoms with Gasteiger partial charge in [0.25, 0.3) is 0 Å². The van der Waals surface area contributed by atoms with Crippen LogP contribution in [0.1, 0.15) is 31.7 Å². The highest BCUT2D eigenvalue weighted by Crippen LogP contribution is 2.31. The Morgan fingerprint density at radius 1 is 1.20 bits per heavy atom. The van der Waals surface area contributed by atoms with E-state index in [1.807, 2.05) is 6.07 Å². The van der Waals surface area contributed by atoms with Crippen molar-refractivity contribution in [2.75, 3.05) is 20.0 Å². The molecule has 0 amide bonds. The zero-order chi connectivity index (χ0) is 14.4. The van der Waals surface area contributed by atoms with Crippen molar-refractivity contribution < 1.29 is 9.47 Å². The summed E-state index contributed by atoms with van der Waals surface area (Å²) in [5.41, 5.74) is 1.25. The Kier molecular flexibility index (Phi) is 6.05. The van der Waals surface area contributed by atoms with Crippen LogP contribution in [-0.4, -0.2) is 31.3 Å². The molecule has 2 rings (SSSR count). The van der Waals surface area contributed by atoms with Gasteiger partial charge in [-0.3, -0.25) is 0 Å². The van der Waals surface area contributed by atoms with E-state index in [2.05, 4.69) is 36.1 Å². The summed E-state index contributed by atoms with van der Waals surface area (Å²) in [4.78, 5) is 0. The third kappa shape index (κ3) is 3.83. The molecular weight excluding hydrogens is 270 g/mol. The maximum atomic E-state index is 5.35. The summed E-state index contributed by atoms with van der Waals surface area (Å²) >= 11 is 2.09. The van der Waals surface area contributed by atoms with E-state index in [1.165, 1.54) is 30.6 Å². The molecule has 1 aliphatic carbocycles. The summed E-state index contributed by atoms with van der Waals surface area (Å²) in [6.45, 7) is 3.14. The Balaban J connectivity index is 1.93. The zero-order valence-electron chi connectivity index (χ0n) is 12.6. The number of hydrogen-bond donors (Lipinski definition) is 1. The average Bonchev–Trinajstić information content (AvgIpc) is 2.92. The SMILES string of the molecule is CCSC1CCCC1NCc1ccc(OC)c(OC)c1. The molecular formula is C16H25NO2S. The van der Waals surface area contributed by atoms with E-state index in [0.29, 0.717) is 6.04 Å². The average molecular weight is 295 g/mol. The molecule has 0 radical (unpaired) electrons. The van der Waals surface area contributed by atoms with Crippen LogP contribution in [0.3, 0.4) is 0 Å². The predicted molar refractivity (Wildman–Crippen MR) is 85.9 cm³/mol. The molecule has 0 saturated heterocycles. The third-order valence-corrected chi connectivity index (χ3v) is 5.18. The van der Waals surface area contributed by atoms with Crippen LogP contribution in [0.5, 0.6) is 11.5 Å². The van der Waals surface area contributed by atoms with Crippen LogP contribution in [0.15, 0.2) is 18.2 Å². The van der Waals surface area contributed by atoms with E-state index in [4.69, 9.17) is 9.47 Å². The minimum atomic E-state index is 0.646. The van der Waals surface area contributed by atoms with Crippen molar-refractivity contribution in [1.29, 1.82) is 0 Å². The van der Waals surface area contributed by atoms with Gasteiger partial charge in [-0.1, -0.05) is 19.4 Å². The molecule has 0 bridgehead atoms. The molecule has 1 saturated carbocycles. The first-order valence-electron chi connectivity index (χ1n) is 7.34. The van der Waals surface area contributed by atoms with Gasteiger partial charge in [-0.15, -0.1) is 0 Å². The van der Waals surface area contributed by atoms with Gasteiger partial charge < -0.3 is 14.8 Å². The number of methoxy groups -OCH3 is 2. The first-order chi connectivity index (χ1) is 9.78. The van der Waals surface area contributed by atoms with Gasteiger partial charge in [-0.05, 0) is 36.3 Å². The summed E-state index contributed by atoms with van der Waals surface area (Å²) < 4.78 is 10.6. The zero-order valence-corrected chi connectivity index (χ0v) is 13.5. The lowest BCUT2D eigenvalue weighted by Gasteiger charge is -2.20. The largest absolute Gasteiger partial charge is 0.493 e. The second kappa shape index (κ2) is 7.79. The fourth-order valence-electron chi connectivity index (χ4n) is 2.81. The quantitative estimate of drug-likeness (QED) is 0.834. The molecule has 1 fully saturated rings. The van der Waals surface area contributed by atoms with Crippen molar-refractivity contribution in [3.8, 4) is 11.5 Å². The molecule has 0 aliphatic heterocycles. The van der Waals surface area contributed by atoms with Gasteiger partial charge in [-0.25, -0.2) is 0 Å². The first kappa shape index (κ1) is 15.5. The Hall–Kier alpha value is -0.870. The van der Waals surface area contributed by atoms with E-state index < -0.39 is 0 Å². The number of hydrogen-bond acceptors (Lipinski definition) is 4.